The molecule has 1 aliphatic heterocycles. The molecule has 4 nitrogen and oxygen atoms in total. The first-order chi connectivity index (χ1) is 6.97. The summed E-state index contributed by atoms with van der Waals surface area (Å²) in [6, 6.07) is 0. The summed E-state index contributed by atoms with van der Waals surface area (Å²) in [5, 5.41) is 6.01. The molecule has 1 heterocycles. The van der Waals surface area contributed by atoms with E-state index in [1.54, 1.807) is 0 Å². The molecule has 1 aliphatic rings. The number of carbonyl (C=O) groups excluding carboxylic acids is 1. The highest BCUT2D eigenvalue weighted by Gasteiger charge is 2.16. The number of amides is 1. The first kappa shape index (κ1) is 12.5. The van der Waals surface area contributed by atoms with Gasteiger partial charge >= 0.3 is 0 Å². The molecule has 1 fully saturated rings. The molecule has 0 aromatic heterocycles. The first-order valence-electron chi connectivity index (χ1n) is 5.61. The summed E-state index contributed by atoms with van der Waals surface area (Å²) < 4.78 is 5.44. The van der Waals surface area contributed by atoms with Gasteiger partial charge in [0.1, 0.15) is 0 Å². The molecule has 4 heteroatoms. The third kappa shape index (κ3) is 5.74. The SMILES string of the molecule is CC(C)(C)NC(=O)CNCC1CCCO1. The number of nitrogens with one attached hydrogen (secondary N) is 2. The molecule has 0 spiro atoms. The topological polar surface area (TPSA) is 50.4 Å². The Hall–Kier alpha value is -0.610. The lowest BCUT2D eigenvalue weighted by Crippen LogP contribution is -2.45. The molecule has 0 bridgehead atoms. The highest BCUT2D eigenvalue weighted by Crippen LogP contribution is 2.10. The van der Waals surface area contributed by atoms with E-state index in [1.165, 1.54) is 0 Å². The van der Waals surface area contributed by atoms with Crippen LogP contribution >= 0.6 is 0 Å². The van der Waals surface area contributed by atoms with Crippen LogP contribution in [-0.2, 0) is 9.53 Å². The Labute approximate surface area is 91.8 Å². The lowest BCUT2D eigenvalue weighted by molar-refractivity contribution is -0.121. The highest BCUT2D eigenvalue weighted by atomic mass is 16.5. The van der Waals surface area contributed by atoms with Gasteiger partial charge in [0.2, 0.25) is 5.91 Å². The molecule has 2 N–H and O–H groups in total. The van der Waals surface area contributed by atoms with E-state index in [2.05, 4.69) is 10.6 Å². The van der Waals surface area contributed by atoms with Crippen molar-refractivity contribution in [1.82, 2.24) is 10.6 Å². The third-order valence-corrected chi connectivity index (χ3v) is 2.20. The summed E-state index contributed by atoms with van der Waals surface area (Å²) in [6.45, 7) is 7.94. The first-order valence-corrected chi connectivity index (χ1v) is 5.61. The zero-order valence-electron chi connectivity index (χ0n) is 9.93. The summed E-state index contributed by atoms with van der Waals surface area (Å²) in [5.41, 5.74) is -0.150. The molecule has 15 heavy (non-hydrogen) atoms. The second-order valence-corrected chi connectivity index (χ2v) is 5.06. The minimum absolute atomic E-state index is 0.0421. The molecule has 0 saturated carbocycles. The van der Waals surface area contributed by atoms with Gasteiger partial charge in [-0.2, -0.15) is 0 Å². The van der Waals surface area contributed by atoms with Gasteiger partial charge < -0.3 is 15.4 Å². The molecular weight excluding hydrogens is 192 g/mol. The van der Waals surface area contributed by atoms with E-state index in [9.17, 15) is 4.79 Å². The van der Waals surface area contributed by atoms with Crippen molar-refractivity contribution in [2.24, 2.45) is 0 Å². The van der Waals surface area contributed by atoms with Crippen molar-refractivity contribution in [3.63, 3.8) is 0 Å². The molecule has 0 radical (unpaired) electrons. The van der Waals surface area contributed by atoms with E-state index >= 15 is 0 Å². The Bertz CT molecular complexity index is 205. The largest absolute Gasteiger partial charge is 0.377 e. The van der Waals surface area contributed by atoms with E-state index in [-0.39, 0.29) is 11.4 Å². The zero-order valence-corrected chi connectivity index (χ0v) is 9.93. The molecule has 1 rings (SSSR count). The maximum atomic E-state index is 11.4. The van der Waals surface area contributed by atoms with Gasteiger partial charge in [0.25, 0.3) is 0 Å². The van der Waals surface area contributed by atoms with Gasteiger partial charge in [0.15, 0.2) is 0 Å². The van der Waals surface area contributed by atoms with Gasteiger partial charge in [-0.15, -0.1) is 0 Å². The Morgan fingerprint density at radius 1 is 1.47 bits per heavy atom. The summed E-state index contributed by atoms with van der Waals surface area (Å²) >= 11 is 0. The van der Waals surface area contributed by atoms with E-state index in [4.69, 9.17) is 4.74 Å². The minimum Gasteiger partial charge on any atom is -0.377 e. The maximum Gasteiger partial charge on any atom is 0.234 e. The lowest BCUT2D eigenvalue weighted by Gasteiger charge is -2.20. The maximum absolute atomic E-state index is 11.4. The van der Waals surface area contributed by atoms with Gasteiger partial charge in [0.05, 0.1) is 12.6 Å². The standard InChI is InChI=1S/C11H22N2O2/c1-11(2,3)13-10(14)8-12-7-9-5-4-6-15-9/h9,12H,4-8H2,1-3H3,(H,13,14). The van der Waals surface area contributed by atoms with Gasteiger partial charge in [-0.25, -0.2) is 0 Å². The number of hydrogen-bond donors (Lipinski definition) is 2. The molecular formula is C11H22N2O2. The number of carbonyl (C=O) groups is 1. The van der Waals surface area contributed by atoms with Crippen LogP contribution in [0.5, 0.6) is 0 Å². The Morgan fingerprint density at radius 3 is 2.73 bits per heavy atom. The third-order valence-electron chi connectivity index (χ3n) is 2.20. The van der Waals surface area contributed by atoms with Crippen molar-refractivity contribution in [3.05, 3.63) is 0 Å². The Morgan fingerprint density at radius 2 is 2.20 bits per heavy atom. The smallest absolute Gasteiger partial charge is 0.234 e. The Kier molecular flexibility index (Phi) is 4.54. The van der Waals surface area contributed by atoms with Crippen LogP contribution in [0.1, 0.15) is 33.6 Å². The normalized spacial score (nSPS) is 21.7. The molecule has 88 valence electrons. The molecule has 0 aromatic rings. The van der Waals surface area contributed by atoms with Crippen molar-refractivity contribution < 1.29 is 9.53 Å². The second-order valence-electron chi connectivity index (χ2n) is 5.06. The van der Waals surface area contributed by atoms with Crippen LogP contribution in [0.4, 0.5) is 0 Å². The van der Waals surface area contributed by atoms with Crippen LogP contribution in [0.2, 0.25) is 0 Å². The van der Waals surface area contributed by atoms with Gasteiger partial charge in [-0.1, -0.05) is 0 Å². The lowest BCUT2D eigenvalue weighted by atomic mass is 10.1. The van der Waals surface area contributed by atoms with Gasteiger partial charge in [-0.3, -0.25) is 4.79 Å². The van der Waals surface area contributed by atoms with Crippen molar-refractivity contribution >= 4 is 5.91 Å². The Balaban J connectivity index is 2.06. The van der Waals surface area contributed by atoms with Crippen molar-refractivity contribution in [2.75, 3.05) is 19.7 Å². The van der Waals surface area contributed by atoms with Gasteiger partial charge in [0, 0.05) is 18.7 Å². The molecule has 1 unspecified atom stereocenters. The fourth-order valence-electron chi connectivity index (χ4n) is 1.61. The number of hydrogen-bond acceptors (Lipinski definition) is 3. The number of rotatable bonds is 4. The summed E-state index contributed by atoms with van der Waals surface area (Å²) in [7, 11) is 0. The van der Waals surface area contributed by atoms with Crippen LogP contribution in [0.15, 0.2) is 0 Å². The van der Waals surface area contributed by atoms with Gasteiger partial charge in [-0.05, 0) is 33.6 Å². The summed E-state index contributed by atoms with van der Waals surface area (Å²) in [4.78, 5) is 11.4. The molecule has 1 amide bonds. The molecule has 1 atom stereocenters. The molecule has 0 aliphatic carbocycles. The van der Waals surface area contributed by atoms with Crippen LogP contribution in [0.3, 0.4) is 0 Å². The highest BCUT2D eigenvalue weighted by molar-refractivity contribution is 5.78. The zero-order chi connectivity index (χ0) is 11.3. The molecule has 1 saturated heterocycles. The average molecular weight is 214 g/mol. The van der Waals surface area contributed by atoms with Crippen LogP contribution in [-0.4, -0.2) is 37.2 Å². The van der Waals surface area contributed by atoms with Crippen LogP contribution < -0.4 is 10.6 Å². The van der Waals surface area contributed by atoms with Crippen molar-refractivity contribution in [2.45, 2.75) is 45.3 Å². The van der Waals surface area contributed by atoms with E-state index in [0.29, 0.717) is 12.6 Å². The summed E-state index contributed by atoms with van der Waals surface area (Å²) in [6.07, 6.45) is 2.54. The van der Waals surface area contributed by atoms with E-state index < -0.39 is 0 Å². The summed E-state index contributed by atoms with van der Waals surface area (Å²) in [5.74, 6) is 0.0421. The monoisotopic (exact) mass is 214 g/mol. The minimum atomic E-state index is -0.150. The van der Waals surface area contributed by atoms with Crippen molar-refractivity contribution in [3.8, 4) is 0 Å². The molecule has 0 aromatic carbocycles. The van der Waals surface area contributed by atoms with E-state index in [0.717, 1.165) is 26.0 Å². The van der Waals surface area contributed by atoms with Crippen LogP contribution in [0, 0.1) is 0 Å². The number of ether oxygens (including phenoxy) is 1. The predicted octanol–water partition coefficient (Wildman–Crippen LogP) is 0.670. The van der Waals surface area contributed by atoms with E-state index in [1.807, 2.05) is 20.8 Å². The fourth-order valence-corrected chi connectivity index (χ4v) is 1.61. The second kappa shape index (κ2) is 5.47. The van der Waals surface area contributed by atoms with Crippen LogP contribution in [0.25, 0.3) is 0 Å². The predicted molar refractivity (Wildman–Crippen MR) is 59.7 cm³/mol. The van der Waals surface area contributed by atoms with Crippen molar-refractivity contribution in [1.29, 1.82) is 0 Å². The fraction of sp³-hybridized carbons (Fsp3) is 0.909. The average Bonchev–Trinajstić information content (AvgIpc) is 2.53. The quantitative estimate of drug-likeness (QED) is 0.723.